The molecule has 4 N–H and O–H groups in total. The van der Waals surface area contributed by atoms with Crippen molar-refractivity contribution in [1.82, 2.24) is 10.6 Å². The molecule has 0 radical (unpaired) electrons. The highest BCUT2D eigenvalue weighted by Gasteiger charge is 2.27. The number of halogens is 1. The van der Waals surface area contributed by atoms with E-state index in [1.807, 2.05) is 18.2 Å². The highest BCUT2D eigenvalue weighted by molar-refractivity contribution is 8.18. The zero-order valence-electron chi connectivity index (χ0n) is 17.1. The Morgan fingerprint density at radius 3 is 2.68 bits per heavy atom. The van der Waals surface area contributed by atoms with Crippen molar-refractivity contribution in [3.8, 4) is 0 Å². The predicted octanol–water partition coefficient (Wildman–Crippen LogP) is 3.88. The third kappa shape index (κ3) is 5.30. The summed E-state index contributed by atoms with van der Waals surface area (Å²) in [6.07, 6.45) is 3.88. The van der Waals surface area contributed by atoms with Crippen LogP contribution < -0.4 is 21.3 Å². The summed E-state index contributed by atoms with van der Waals surface area (Å²) in [5.74, 6) is -0.361. The molecule has 0 aliphatic carbocycles. The lowest BCUT2D eigenvalue weighted by atomic mass is 10.0. The zero-order chi connectivity index (χ0) is 21.8. The molecular formula is C23H25ClN4O2S. The largest absolute Gasteiger partial charge is 0.368 e. The van der Waals surface area contributed by atoms with Crippen molar-refractivity contribution in [3.05, 3.63) is 69.1 Å². The summed E-state index contributed by atoms with van der Waals surface area (Å²) in [7, 11) is 0. The first-order chi connectivity index (χ1) is 15.0. The molecule has 1 unspecified atom stereocenters. The number of carbonyl (C=O) groups excluding carboxylic acids is 2. The maximum atomic E-state index is 12.0. The molecule has 2 saturated heterocycles. The van der Waals surface area contributed by atoms with Crippen LogP contribution >= 0.6 is 23.4 Å². The quantitative estimate of drug-likeness (QED) is 0.572. The van der Waals surface area contributed by atoms with Crippen LogP contribution in [0.1, 0.15) is 29.5 Å². The van der Waals surface area contributed by atoms with Gasteiger partial charge in [0, 0.05) is 37.8 Å². The monoisotopic (exact) mass is 456 g/mol. The number of nitrogens with two attached hydrogens (primary N) is 1. The van der Waals surface area contributed by atoms with Gasteiger partial charge < -0.3 is 16.0 Å². The Kier molecular flexibility index (Phi) is 6.97. The van der Waals surface area contributed by atoms with Crippen LogP contribution in [0.4, 0.5) is 10.5 Å². The molecule has 2 aliphatic rings. The van der Waals surface area contributed by atoms with Gasteiger partial charge in [-0.15, -0.1) is 0 Å². The van der Waals surface area contributed by atoms with Gasteiger partial charge in [0.1, 0.15) is 0 Å². The number of amides is 2. The van der Waals surface area contributed by atoms with Crippen molar-refractivity contribution in [2.75, 3.05) is 18.0 Å². The summed E-state index contributed by atoms with van der Waals surface area (Å²) in [6, 6.07) is 14.3. The van der Waals surface area contributed by atoms with E-state index in [1.54, 1.807) is 6.08 Å². The van der Waals surface area contributed by atoms with Crippen LogP contribution in [-0.4, -0.2) is 30.3 Å². The molecule has 2 amide bonds. The molecular weight excluding hydrogens is 432 g/mol. The Hall–Kier alpha value is -2.32. The van der Waals surface area contributed by atoms with Gasteiger partial charge in [0.05, 0.1) is 15.6 Å². The minimum absolute atomic E-state index is 0.324. The number of nitrogens with one attached hydrogen (secondary N) is 2. The maximum absolute atomic E-state index is 12.0. The molecule has 2 aromatic carbocycles. The van der Waals surface area contributed by atoms with Crippen molar-refractivity contribution in [2.24, 2.45) is 5.73 Å². The van der Waals surface area contributed by atoms with E-state index in [4.69, 9.17) is 17.3 Å². The SMILES string of the molecule is NCc1ccc(CNC2CCCN(c3c(Cl)cccc3C=C3SC(=O)NC3=O)C2)cc1. The summed E-state index contributed by atoms with van der Waals surface area (Å²) in [5, 5.41) is 6.25. The molecule has 0 bridgehead atoms. The molecule has 6 nitrogen and oxygen atoms in total. The fraction of sp³-hybridized carbons (Fsp3) is 0.304. The number of nitrogens with zero attached hydrogens (tertiary/aromatic N) is 1. The normalized spacial score (nSPS) is 20.4. The highest BCUT2D eigenvalue weighted by atomic mass is 35.5. The predicted molar refractivity (Wildman–Crippen MR) is 127 cm³/mol. The van der Waals surface area contributed by atoms with Crippen molar-refractivity contribution in [1.29, 1.82) is 0 Å². The Balaban J connectivity index is 1.48. The first kappa shape index (κ1) is 21.9. The molecule has 0 spiro atoms. The first-order valence-electron chi connectivity index (χ1n) is 10.3. The third-order valence-electron chi connectivity index (χ3n) is 5.54. The Morgan fingerprint density at radius 2 is 1.97 bits per heavy atom. The molecule has 2 aromatic rings. The molecule has 2 aliphatic heterocycles. The van der Waals surface area contributed by atoms with Gasteiger partial charge in [-0.1, -0.05) is 48.0 Å². The van der Waals surface area contributed by atoms with Gasteiger partial charge in [-0.25, -0.2) is 0 Å². The van der Waals surface area contributed by atoms with Crippen LogP contribution in [0.15, 0.2) is 47.4 Å². The number of para-hydroxylation sites is 1. The average molecular weight is 457 g/mol. The van der Waals surface area contributed by atoms with Gasteiger partial charge in [-0.2, -0.15) is 0 Å². The molecule has 2 heterocycles. The number of hydrogen-bond acceptors (Lipinski definition) is 6. The Labute approximate surface area is 191 Å². The smallest absolute Gasteiger partial charge is 0.290 e. The molecule has 0 saturated carbocycles. The fourth-order valence-corrected chi connectivity index (χ4v) is 4.92. The molecule has 0 aromatic heterocycles. The van der Waals surface area contributed by atoms with Crippen LogP contribution in [-0.2, 0) is 17.9 Å². The summed E-state index contributed by atoms with van der Waals surface area (Å²) < 4.78 is 0. The van der Waals surface area contributed by atoms with Crippen LogP contribution in [0.25, 0.3) is 6.08 Å². The summed E-state index contributed by atoms with van der Waals surface area (Å²) in [6.45, 7) is 3.05. The van der Waals surface area contributed by atoms with E-state index < -0.39 is 0 Å². The van der Waals surface area contributed by atoms with Gasteiger partial charge in [-0.3, -0.25) is 14.9 Å². The lowest BCUT2D eigenvalue weighted by Gasteiger charge is -2.36. The van der Waals surface area contributed by atoms with Gasteiger partial charge in [0.15, 0.2) is 0 Å². The van der Waals surface area contributed by atoms with Gasteiger partial charge >= 0.3 is 0 Å². The number of anilines is 1. The van der Waals surface area contributed by atoms with Crippen LogP contribution in [0.5, 0.6) is 0 Å². The number of benzene rings is 2. The summed E-state index contributed by atoms with van der Waals surface area (Å²) in [5.41, 5.74) is 9.78. The van der Waals surface area contributed by atoms with E-state index in [0.717, 1.165) is 61.1 Å². The van der Waals surface area contributed by atoms with Crippen LogP contribution in [0.3, 0.4) is 0 Å². The molecule has 31 heavy (non-hydrogen) atoms. The number of thioether (sulfide) groups is 1. The lowest BCUT2D eigenvalue weighted by molar-refractivity contribution is -0.115. The summed E-state index contributed by atoms with van der Waals surface area (Å²) >= 11 is 7.50. The van der Waals surface area contributed by atoms with Crippen LogP contribution in [0, 0.1) is 0 Å². The standard InChI is InChI=1S/C23H25ClN4O2S/c24-19-5-1-3-17(11-20-22(29)27-23(30)31-20)21(19)28-10-2-4-18(14-28)26-13-16-8-6-15(12-25)7-9-16/h1,3,5-9,11,18,26H,2,4,10,12-14,25H2,(H,27,29,30). The number of hydrogen-bond donors (Lipinski definition) is 3. The Morgan fingerprint density at radius 1 is 1.19 bits per heavy atom. The minimum Gasteiger partial charge on any atom is -0.368 e. The molecule has 1 atom stereocenters. The molecule has 2 fully saturated rings. The second-order valence-corrected chi connectivity index (χ2v) is 9.14. The molecule has 4 rings (SSSR count). The Bertz CT molecular complexity index is 1010. The van der Waals surface area contributed by atoms with E-state index in [-0.39, 0.29) is 11.1 Å². The van der Waals surface area contributed by atoms with Gasteiger partial charge in [-0.05, 0) is 47.9 Å². The number of piperidine rings is 1. The second-order valence-electron chi connectivity index (χ2n) is 7.72. The maximum Gasteiger partial charge on any atom is 0.290 e. The highest BCUT2D eigenvalue weighted by Crippen LogP contribution is 2.35. The fourth-order valence-electron chi connectivity index (χ4n) is 3.95. The molecule has 162 valence electrons. The van der Waals surface area contributed by atoms with Crippen molar-refractivity contribution in [2.45, 2.75) is 32.0 Å². The third-order valence-corrected chi connectivity index (χ3v) is 6.65. The zero-order valence-corrected chi connectivity index (χ0v) is 18.6. The van der Waals surface area contributed by atoms with Crippen molar-refractivity contribution >= 4 is 46.3 Å². The summed E-state index contributed by atoms with van der Waals surface area (Å²) in [4.78, 5) is 26.2. The minimum atomic E-state index is -0.361. The van der Waals surface area contributed by atoms with Gasteiger partial charge in [0.25, 0.3) is 11.1 Å². The van der Waals surface area contributed by atoms with Crippen molar-refractivity contribution in [3.63, 3.8) is 0 Å². The number of carbonyl (C=O) groups is 2. The first-order valence-corrected chi connectivity index (χ1v) is 11.5. The number of rotatable bonds is 6. The van der Waals surface area contributed by atoms with E-state index >= 15 is 0 Å². The average Bonchev–Trinajstić information content (AvgIpc) is 3.09. The van der Waals surface area contributed by atoms with Gasteiger partial charge in [0.2, 0.25) is 0 Å². The van der Waals surface area contributed by atoms with E-state index in [2.05, 4.69) is 39.8 Å². The topological polar surface area (TPSA) is 87.5 Å². The molecule has 8 heteroatoms. The van der Waals surface area contributed by atoms with E-state index in [1.165, 1.54) is 5.56 Å². The number of imide groups is 1. The van der Waals surface area contributed by atoms with Crippen molar-refractivity contribution < 1.29 is 9.59 Å². The lowest BCUT2D eigenvalue weighted by Crippen LogP contribution is -2.45. The van der Waals surface area contributed by atoms with Crippen LogP contribution in [0.2, 0.25) is 5.02 Å². The van der Waals surface area contributed by atoms with E-state index in [0.29, 0.717) is 22.5 Å². The van der Waals surface area contributed by atoms with E-state index in [9.17, 15) is 9.59 Å². The second kappa shape index (κ2) is 9.87.